The molecule has 5 heteroatoms. The van der Waals surface area contributed by atoms with E-state index >= 15 is 0 Å². The molecule has 1 N–H and O–H groups in total. The fourth-order valence-corrected chi connectivity index (χ4v) is 1.80. The average Bonchev–Trinajstić information content (AvgIpc) is 2.38. The second-order valence-corrected chi connectivity index (χ2v) is 4.93. The number of hydrogen-bond donors (Lipinski definition) is 1. The molecule has 20 heavy (non-hydrogen) atoms. The van der Waals surface area contributed by atoms with Crippen molar-refractivity contribution in [2.75, 3.05) is 6.61 Å². The van der Waals surface area contributed by atoms with Gasteiger partial charge in [0, 0.05) is 5.56 Å². The minimum atomic E-state index is -1.27. The number of carboxylic acid groups (broad SMARTS) is 1. The van der Waals surface area contributed by atoms with E-state index in [2.05, 4.69) is 5.32 Å². The number of ether oxygens (including phenoxy) is 1. The molecule has 1 rings (SSSR count). The first-order valence-corrected chi connectivity index (χ1v) is 6.68. The molecule has 0 fully saturated rings. The number of carboxylic acids is 1. The first-order chi connectivity index (χ1) is 9.43. The minimum absolute atomic E-state index is 0.151. The lowest BCUT2D eigenvalue weighted by Crippen LogP contribution is -2.48. The Kier molecular flexibility index (Phi) is 6.03. The van der Waals surface area contributed by atoms with Crippen molar-refractivity contribution in [2.24, 2.45) is 5.92 Å². The quantitative estimate of drug-likeness (QED) is 0.806. The second kappa shape index (κ2) is 7.53. The summed E-state index contributed by atoms with van der Waals surface area (Å²) in [6.45, 7) is 6.20. The number of benzene rings is 1. The zero-order valence-corrected chi connectivity index (χ0v) is 12.0. The molecule has 0 unspecified atom stereocenters. The molecule has 1 aromatic carbocycles. The SMILES string of the molecule is CCOc1ccc(C(=O)N[C@H](CC(C)C)C(=O)[O-])cc1. The molecule has 0 saturated carbocycles. The van der Waals surface area contributed by atoms with Gasteiger partial charge in [0.25, 0.3) is 5.91 Å². The molecular formula is C15H20NO4-. The van der Waals surface area contributed by atoms with Crippen LogP contribution in [0, 0.1) is 5.92 Å². The van der Waals surface area contributed by atoms with Crippen LogP contribution in [0.1, 0.15) is 37.6 Å². The van der Waals surface area contributed by atoms with E-state index in [0.717, 1.165) is 0 Å². The van der Waals surface area contributed by atoms with E-state index in [1.165, 1.54) is 0 Å². The van der Waals surface area contributed by atoms with Crippen molar-refractivity contribution in [2.45, 2.75) is 33.2 Å². The Balaban J connectivity index is 2.70. The lowest BCUT2D eigenvalue weighted by atomic mass is 10.0. The molecule has 1 aromatic rings. The summed E-state index contributed by atoms with van der Waals surface area (Å²) in [7, 11) is 0. The monoisotopic (exact) mass is 278 g/mol. The van der Waals surface area contributed by atoms with Gasteiger partial charge in [-0.15, -0.1) is 0 Å². The van der Waals surface area contributed by atoms with Crippen LogP contribution in [0.3, 0.4) is 0 Å². The van der Waals surface area contributed by atoms with Crippen LogP contribution in [0.2, 0.25) is 0 Å². The van der Waals surface area contributed by atoms with Crippen LogP contribution < -0.4 is 15.2 Å². The van der Waals surface area contributed by atoms with Crippen molar-refractivity contribution >= 4 is 11.9 Å². The molecule has 0 aliphatic carbocycles. The third kappa shape index (κ3) is 4.91. The van der Waals surface area contributed by atoms with E-state index in [0.29, 0.717) is 24.3 Å². The molecule has 1 atom stereocenters. The highest BCUT2D eigenvalue weighted by molar-refractivity contribution is 5.96. The standard InChI is InChI=1S/C15H21NO4/c1-4-20-12-7-5-11(6-8-12)14(17)16-13(15(18)19)9-10(2)3/h5-8,10,13H,4,9H2,1-3H3,(H,16,17)(H,18,19)/p-1/t13-/m1/s1. The zero-order chi connectivity index (χ0) is 15.1. The van der Waals surface area contributed by atoms with Gasteiger partial charge >= 0.3 is 0 Å². The predicted octanol–water partition coefficient (Wildman–Crippen LogP) is 0.980. The smallest absolute Gasteiger partial charge is 0.251 e. The van der Waals surface area contributed by atoms with E-state index in [1.807, 2.05) is 20.8 Å². The van der Waals surface area contributed by atoms with Gasteiger partial charge in [-0.25, -0.2) is 0 Å². The van der Waals surface area contributed by atoms with E-state index in [-0.39, 0.29) is 5.92 Å². The largest absolute Gasteiger partial charge is 0.548 e. The minimum Gasteiger partial charge on any atom is -0.548 e. The number of hydrogen-bond acceptors (Lipinski definition) is 4. The Hall–Kier alpha value is -2.04. The molecule has 0 aliphatic rings. The van der Waals surface area contributed by atoms with Crippen LogP contribution in [0.25, 0.3) is 0 Å². The number of rotatable bonds is 7. The first kappa shape index (κ1) is 16.0. The highest BCUT2D eigenvalue weighted by Gasteiger charge is 2.16. The lowest BCUT2D eigenvalue weighted by Gasteiger charge is -2.21. The number of aliphatic carboxylic acids is 1. The summed E-state index contributed by atoms with van der Waals surface area (Å²) < 4.78 is 5.28. The summed E-state index contributed by atoms with van der Waals surface area (Å²) in [5, 5.41) is 13.5. The van der Waals surface area contributed by atoms with Crippen LogP contribution in [-0.4, -0.2) is 24.5 Å². The topological polar surface area (TPSA) is 78.5 Å². The second-order valence-electron chi connectivity index (χ2n) is 4.93. The van der Waals surface area contributed by atoms with Gasteiger partial charge in [0.15, 0.2) is 0 Å². The van der Waals surface area contributed by atoms with Gasteiger partial charge in [0.2, 0.25) is 0 Å². The number of amides is 1. The fraction of sp³-hybridized carbons (Fsp3) is 0.467. The molecule has 0 aromatic heterocycles. The molecule has 0 radical (unpaired) electrons. The average molecular weight is 278 g/mol. The Morgan fingerprint density at radius 1 is 1.25 bits per heavy atom. The maximum absolute atomic E-state index is 12.0. The lowest BCUT2D eigenvalue weighted by molar-refractivity contribution is -0.308. The highest BCUT2D eigenvalue weighted by atomic mass is 16.5. The molecule has 1 amide bonds. The van der Waals surface area contributed by atoms with Gasteiger partial charge in [-0.2, -0.15) is 0 Å². The van der Waals surface area contributed by atoms with Crippen molar-refractivity contribution < 1.29 is 19.4 Å². The molecular weight excluding hydrogens is 258 g/mol. The fourth-order valence-electron chi connectivity index (χ4n) is 1.80. The first-order valence-electron chi connectivity index (χ1n) is 6.68. The summed E-state index contributed by atoms with van der Waals surface area (Å²) in [5.41, 5.74) is 0.392. The van der Waals surface area contributed by atoms with Gasteiger partial charge in [-0.1, -0.05) is 13.8 Å². The molecule has 5 nitrogen and oxygen atoms in total. The van der Waals surface area contributed by atoms with E-state index < -0.39 is 17.9 Å². The van der Waals surface area contributed by atoms with Crippen LogP contribution in [0.4, 0.5) is 0 Å². The third-order valence-corrected chi connectivity index (χ3v) is 2.72. The summed E-state index contributed by atoms with van der Waals surface area (Å²) in [5.74, 6) is -0.873. The maximum atomic E-state index is 12.0. The third-order valence-electron chi connectivity index (χ3n) is 2.72. The van der Waals surface area contributed by atoms with E-state index in [1.54, 1.807) is 24.3 Å². The van der Waals surface area contributed by atoms with Crippen molar-refractivity contribution in [3.8, 4) is 5.75 Å². The Labute approximate surface area is 118 Å². The molecule has 0 spiro atoms. The zero-order valence-electron chi connectivity index (χ0n) is 12.0. The number of carbonyl (C=O) groups is 2. The van der Waals surface area contributed by atoms with Crippen LogP contribution in [0.5, 0.6) is 5.75 Å². The normalized spacial score (nSPS) is 12.0. The molecule has 0 saturated heterocycles. The Bertz CT molecular complexity index is 453. The van der Waals surface area contributed by atoms with Crippen molar-refractivity contribution in [3.63, 3.8) is 0 Å². The Morgan fingerprint density at radius 2 is 1.85 bits per heavy atom. The van der Waals surface area contributed by atoms with Crippen LogP contribution in [-0.2, 0) is 4.79 Å². The number of nitrogens with one attached hydrogen (secondary N) is 1. The van der Waals surface area contributed by atoms with Gasteiger partial charge in [-0.3, -0.25) is 4.79 Å². The van der Waals surface area contributed by atoms with Crippen molar-refractivity contribution in [3.05, 3.63) is 29.8 Å². The molecule has 110 valence electrons. The van der Waals surface area contributed by atoms with Gasteiger partial charge in [0.05, 0.1) is 18.6 Å². The summed E-state index contributed by atoms with van der Waals surface area (Å²) in [4.78, 5) is 23.0. The Morgan fingerprint density at radius 3 is 2.30 bits per heavy atom. The molecule has 0 aliphatic heterocycles. The van der Waals surface area contributed by atoms with Crippen LogP contribution in [0.15, 0.2) is 24.3 Å². The number of carbonyl (C=O) groups excluding carboxylic acids is 2. The summed E-state index contributed by atoms with van der Waals surface area (Å²) in [6, 6.07) is 5.57. The maximum Gasteiger partial charge on any atom is 0.251 e. The molecule has 0 heterocycles. The van der Waals surface area contributed by atoms with E-state index in [9.17, 15) is 14.7 Å². The van der Waals surface area contributed by atoms with Gasteiger partial charge in [0.1, 0.15) is 5.75 Å². The summed E-state index contributed by atoms with van der Waals surface area (Å²) >= 11 is 0. The van der Waals surface area contributed by atoms with E-state index in [4.69, 9.17) is 4.74 Å². The van der Waals surface area contributed by atoms with Crippen molar-refractivity contribution in [1.82, 2.24) is 5.32 Å². The van der Waals surface area contributed by atoms with Crippen molar-refractivity contribution in [1.29, 1.82) is 0 Å². The summed E-state index contributed by atoms with van der Waals surface area (Å²) in [6.07, 6.45) is 0.338. The van der Waals surface area contributed by atoms with Crippen LogP contribution >= 0.6 is 0 Å². The highest BCUT2D eigenvalue weighted by Crippen LogP contribution is 2.12. The molecule has 0 bridgehead atoms. The predicted molar refractivity (Wildman–Crippen MR) is 73.3 cm³/mol. The van der Waals surface area contributed by atoms with Gasteiger partial charge in [-0.05, 0) is 43.5 Å². The van der Waals surface area contributed by atoms with Gasteiger partial charge < -0.3 is 20.0 Å².